The lowest BCUT2D eigenvalue weighted by Gasteiger charge is -2.13. The highest BCUT2D eigenvalue weighted by Crippen LogP contribution is 2.32. The predicted octanol–water partition coefficient (Wildman–Crippen LogP) is 3.29. The van der Waals surface area contributed by atoms with Crippen molar-refractivity contribution in [3.63, 3.8) is 0 Å². The number of thioether (sulfide) groups is 1. The maximum Gasteiger partial charge on any atom is 0.293 e. The van der Waals surface area contributed by atoms with E-state index in [-0.39, 0.29) is 29.5 Å². The number of benzene rings is 2. The van der Waals surface area contributed by atoms with Gasteiger partial charge >= 0.3 is 0 Å². The molecular formula is C19H15FN2O3S. The van der Waals surface area contributed by atoms with Gasteiger partial charge in [0.05, 0.1) is 4.91 Å². The van der Waals surface area contributed by atoms with E-state index in [1.165, 1.54) is 18.2 Å². The molecule has 1 aliphatic heterocycles. The lowest BCUT2D eigenvalue weighted by atomic mass is 10.2. The zero-order valence-electron chi connectivity index (χ0n) is 13.6. The normalized spacial score (nSPS) is 15.6. The summed E-state index contributed by atoms with van der Waals surface area (Å²) < 4.78 is 13.7. The third-order valence-electron chi connectivity index (χ3n) is 3.72. The molecule has 0 aliphatic carbocycles. The molecule has 26 heavy (non-hydrogen) atoms. The van der Waals surface area contributed by atoms with E-state index < -0.39 is 17.0 Å². The van der Waals surface area contributed by atoms with Crippen LogP contribution in [-0.4, -0.2) is 35.0 Å². The van der Waals surface area contributed by atoms with Crippen LogP contribution in [0.2, 0.25) is 0 Å². The van der Waals surface area contributed by atoms with Crippen molar-refractivity contribution in [1.29, 1.82) is 0 Å². The van der Waals surface area contributed by atoms with Crippen molar-refractivity contribution in [3.8, 4) is 0 Å². The molecule has 0 bridgehead atoms. The van der Waals surface area contributed by atoms with Gasteiger partial charge in [-0.25, -0.2) is 4.39 Å². The minimum Gasteiger partial charge on any atom is -0.350 e. The summed E-state index contributed by atoms with van der Waals surface area (Å²) in [6.45, 7) is 0.191. The third kappa shape index (κ3) is 4.00. The molecule has 0 radical (unpaired) electrons. The number of nitrogens with one attached hydrogen (secondary N) is 1. The fraction of sp³-hybridized carbons (Fsp3) is 0.105. The Hall–Kier alpha value is -2.93. The number of nitrogens with zero attached hydrogens (tertiary/aromatic N) is 1. The maximum absolute atomic E-state index is 13.7. The molecule has 0 saturated carbocycles. The molecule has 0 atom stereocenters. The minimum absolute atomic E-state index is 0.0534. The van der Waals surface area contributed by atoms with Gasteiger partial charge in [0, 0.05) is 24.2 Å². The number of imide groups is 1. The van der Waals surface area contributed by atoms with Gasteiger partial charge in [0.15, 0.2) is 0 Å². The molecule has 0 aromatic heterocycles. The molecule has 2 aromatic rings. The molecule has 0 unspecified atom stereocenters. The van der Waals surface area contributed by atoms with Crippen LogP contribution in [0.25, 0.3) is 6.08 Å². The fourth-order valence-corrected chi connectivity index (χ4v) is 3.25. The number of hydrogen-bond donors (Lipinski definition) is 1. The van der Waals surface area contributed by atoms with Crippen molar-refractivity contribution in [2.75, 3.05) is 13.1 Å². The van der Waals surface area contributed by atoms with Crippen molar-refractivity contribution >= 4 is 34.9 Å². The lowest BCUT2D eigenvalue weighted by Crippen LogP contribution is -2.37. The second-order valence-electron chi connectivity index (χ2n) is 5.48. The number of halogens is 1. The fourth-order valence-electron chi connectivity index (χ4n) is 2.40. The zero-order valence-corrected chi connectivity index (χ0v) is 14.5. The summed E-state index contributed by atoms with van der Waals surface area (Å²) in [5.41, 5.74) is 0.747. The Bertz CT molecular complexity index is 883. The Morgan fingerprint density at radius 1 is 1.08 bits per heavy atom. The highest BCUT2D eigenvalue weighted by Gasteiger charge is 2.34. The summed E-state index contributed by atoms with van der Waals surface area (Å²) in [4.78, 5) is 37.6. The number of carbonyl (C=O) groups excluding carboxylic acids is 3. The van der Waals surface area contributed by atoms with Gasteiger partial charge < -0.3 is 5.32 Å². The minimum atomic E-state index is -0.489. The molecule has 5 nitrogen and oxygen atoms in total. The first-order chi connectivity index (χ1) is 12.6. The Balaban J connectivity index is 1.61. The van der Waals surface area contributed by atoms with Crippen LogP contribution in [0.3, 0.4) is 0 Å². The number of amides is 3. The third-order valence-corrected chi connectivity index (χ3v) is 4.63. The van der Waals surface area contributed by atoms with Crippen LogP contribution < -0.4 is 5.32 Å². The SMILES string of the molecule is O=C(NCCN1C(=O)S/C(=C/c2ccccc2F)C1=O)c1ccccc1. The van der Waals surface area contributed by atoms with E-state index in [1.54, 1.807) is 42.5 Å². The molecule has 132 valence electrons. The average molecular weight is 370 g/mol. The van der Waals surface area contributed by atoms with Crippen LogP contribution in [0, 0.1) is 5.82 Å². The van der Waals surface area contributed by atoms with Gasteiger partial charge in [-0.2, -0.15) is 0 Å². The molecule has 1 saturated heterocycles. The topological polar surface area (TPSA) is 66.5 Å². The average Bonchev–Trinajstić information content (AvgIpc) is 2.91. The Morgan fingerprint density at radius 2 is 1.77 bits per heavy atom. The van der Waals surface area contributed by atoms with Crippen molar-refractivity contribution in [3.05, 3.63) is 76.4 Å². The predicted molar refractivity (Wildman–Crippen MR) is 97.9 cm³/mol. The largest absolute Gasteiger partial charge is 0.350 e. The molecule has 7 heteroatoms. The number of rotatable bonds is 5. The van der Waals surface area contributed by atoms with Crippen LogP contribution >= 0.6 is 11.8 Å². The standard InChI is InChI=1S/C19H15FN2O3S/c20-15-9-5-4-8-14(15)12-16-18(24)22(19(25)26-16)11-10-21-17(23)13-6-2-1-3-7-13/h1-9,12H,10-11H2,(H,21,23)/b16-12+. The summed E-state index contributed by atoms with van der Waals surface area (Å²) in [6, 6.07) is 14.7. The van der Waals surface area contributed by atoms with Gasteiger partial charge in [-0.3, -0.25) is 19.3 Å². The van der Waals surface area contributed by atoms with Gasteiger partial charge in [-0.1, -0.05) is 36.4 Å². The molecule has 0 spiro atoms. The molecule has 3 rings (SSSR count). The zero-order chi connectivity index (χ0) is 18.5. The van der Waals surface area contributed by atoms with Crippen LogP contribution in [0.4, 0.5) is 9.18 Å². The van der Waals surface area contributed by atoms with E-state index in [1.807, 2.05) is 0 Å². The quantitative estimate of drug-likeness (QED) is 0.820. The van der Waals surface area contributed by atoms with E-state index in [0.29, 0.717) is 5.56 Å². The second-order valence-corrected chi connectivity index (χ2v) is 6.47. The summed E-state index contributed by atoms with van der Waals surface area (Å²) in [7, 11) is 0. The van der Waals surface area contributed by atoms with Crippen molar-refractivity contribution < 1.29 is 18.8 Å². The molecule has 1 fully saturated rings. The number of carbonyl (C=O) groups is 3. The molecule has 3 amide bonds. The van der Waals surface area contributed by atoms with E-state index in [0.717, 1.165) is 16.7 Å². The molecular weight excluding hydrogens is 355 g/mol. The van der Waals surface area contributed by atoms with Crippen LogP contribution in [0.15, 0.2) is 59.5 Å². The van der Waals surface area contributed by atoms with Crippen molar-refractivity contribution in [2.45, 2.75) is 0 Å². The first-order valence-corrected chi connectivity index (χ1v) is 8.71. The lowest BCUT2D eigenvalue weighted by molar-refractivity contribution is -0.122. The molecule has 2 aromatic carbocycles. The van der Waals surface area contributed by atoms with Crippen LogP contribution in [-0.2, 0) is 4.79 Å². The van der Waals surface area contributed by atoms with Gasteiger partial charge in [0.2, 0.25) is 0 Å². The molecule has 1 heterocycles. The second kappa shape index (κ2) is 7.97. The first kappa shape index (κ1) is 17.9. The Morgan fingerprint density at radius 3 is 2.50 bits per heavy atom. The van der Waals surface area contributed by atoms with E-state index >= 15 is 0 Å². The summed E-state index contributed by atoms with van der Waals surface area (Å²) in [5.74, 6) is -1.23. The molecule has 1 aliphatic rings. The van der Waals surface area contributed by atoms with Gasteiger partial charge in [0.25, 0.3) is 17.1 Å². The highest BCUT2D eigenvalue weighted by molar-refractivity contribution is 8.18. The molecule has 1 N–H and O–H groups in total. The highest BCUT2D eigenvalue weighted by atomic mass is 32.2. The van der Waals surface area contributed by atoms with Gasteiger partial charge in [-0.15, -0.1) is 0 Å². The van der Waals surface area contributed by atoms with Gasteiger partial charge in [0.1, 0.15) is 5.82 Å². The van der Waals surface area contributed by atoms with E-state index in [9.17, 15) is 18.8 Å². The summed E-state index contributed by atoms with van der Waals surface area (Å²) in [5, 5.41) is 2.23. The monoisotopic (exact) mass is 370 g/mol. The van der Waals surface area contributed by atoms with Crippen molar-refractivity contribution in [1.82, 2.24) is 10.2 Å². The van der Waals surface area contributed by atoms with Gasteiger partial charge in [-0.05, 0) is 36.0 Å². The van der Waals surface area contributed by atoms with E-state index in [4.69, 9.17) is 0 Å². The maximum atomic E-state index is 13.7. The summed E-state index contributed by atoms with van der Waals surface area (Å²) >= 11 is 0.760. The van der Waals surface area contributed by atoms with Crippen LogP contribution in [0.1, 0.15) is 15.9 Å². The Labute approximate surface area is 153 Å². The first-order valence-electron chi connectivity index (χ1n) is 7.89. The Kier molecular flexibility index (Phi) is 5.48. The van der Waals surface area contributed by atoms with Crippen LogP contribution in [0.5, 0.6) is 0 Å². The van der Waals surface area contributed by atoms with E-state index in [2.05, 4.69) is 5.32 Å². The van der Waals surface area contributed by atoms with Crippen molar-refractivity contribution in [2.24, 2.45) is 0 Å². The summed E-state index contributed by atoms with van der Waals surface area (Å²) in [6.07, 6.45) is 1.36. The smallest absolute Gasteiger partial charge is 0.293 e. The number of hydrogen-bond acceptors (Lipinski definition) is 4.